The molecular weight excluding hydrogens is 450 g/mol. The Morgan fingerprint density at radius 2 is 1.65 bits per heavy atom. The summed E-state index contributed by atoms with van der Waals surface area (Å²) < 4.78 is 5.23. The predicted molar refractivity (Wildman–Crippen MR) is 132 cm³/mol. The Hall–Kier alpha value is -3.64. The van der Waals surface area contributed by atoms with Crippen molar-refractivity contribution >= 4 is 34.3 Å². The third-order valence-electron chi connectivity index (χ3n) is 6.25. The van der Waals surface area contributed by atoms with Crippen molar-refractivity contribution in [3.8, 4) is 11.3 Å². The van der Waals surface area contributed by atoms with Crippen LogP contribution in [0.25, 0.3) is 22.2 Å². The van der Waals surface area contributed by atoms with Crippen LogP contribution in [0, 0.1) is 13.8 Å². The first kappa shape index (κ1) is 22.2. The van der Waals surface area contributed by atoms with Gasteiger partial charge in [-0.25, -0.2) is 4.98 Å². The molecule has 34 heavy (non-hydrogen) atoms. The highest BCUT2D eigenvalue weighted by Gasteiger charge is 2.28. The molecule has 1 saturated heterocycles. The molecule has 2 aromatic carbocycles. The number of benzene rings is 2. The second-order valence-electron chi connectivity index (χ2n) is 8.60. The van der Waals surface area contributed by atoms with Crippen LogP contribution < -0.4 is 0 Å². The largest absolute Gasteiger partial charge is 0.459 e. The third-order valence-corrected chi connectivity index (χ3v) is 6.48. The van der Waals surface area contributed by atoms with Gasteiger partial charge >= 0.3 is 0 Å². The highest BCUT2D eigenvalue weighted by molar-refractivity contribution is 6.31. The Bertz CT molecular complexity index is 1390. The Balaban J connectivity index is 1.47. The van der Waals surface area contributed by atoms with Gasteiger partial charge in [-0.1, -0.05) is 35.4 Å². The first-order valence-electron chi connectivity index (χ1n) is 11.2. The number of halogens is 1. The van der Waals surface area contributed by atoms with Crippen LogP contribution in [0.3, 0.4) is 0 Å². The van der Waals surface area contributed by atoms with E-state index in [0.29, 0.717) is 42.5 Å². The maximum Gasteiger partial charge on any atom is 0.289 e. The van der Waals surface area contributed by atoms with Crippen molar-refractivity contribution in [1.29, 1.82) is 0 Å². The van der Waals surface area contributed by atoms with Crippen molar-refractivity contribution in [3.05, 3.63) is 88.3 Å². The molecule has 1 aliphatic heterocycles. The van der Waals surface area contributed by atoms with Gasteiger partial charge in [0.25, 0.3) is 11.8 Å². The molecule has 0 bridgehead atoms. The molecule has 0 saturated carbocycles. The van der Waals surface area contributed by atoms with E-state index < -0.39 is 0 Å². The van der Waals surface area contributed by atoms with Crippen LogP contribution in [0.1, 0.15) is 32.0 Å². The average Bonchev–Trinajstić information content (AvgIpc) is 3.38. The summed E-state index contributed by atoms with van der Waals surface area (Å²) in [5.74, 6) is 0.0637. The highest BCUT2D eigenvalue weighted by atomic mass is 35.5. The number of amides is 2. The summed E-state index contributed by atoms with van der Waals surface area (Å²) in [6, 6.07) is 16.8. The zero-order valence-corrected chi connectivity index (χ0v) is 19.8. The Labute approximate surface area is 202 Å². The zero-order chi connectivity index (χ0) is 23.8. The molecule has 172 valence electrons. The number of piperazine rings is 1. The molecule has 0 aliphatic carbocycles. The van der Waals surface area contributed by atoms with Crippen LogP contribution in [0.2, 0.25) is 5.02 Å². The molecule has 3 heterocycles. The molecule has 2 amide bonds. The maximum absolute atomic E-state index is 13.7. The van der Waals surface area contributed by atoms with Gasteiger partial charge in [0.15, 0.2) is 5.76 Å². The second kappa shape index (κ2) is 8.95. The van der Waals surface area contributed by atoms with Crippen LogP contribution in [-0.4, -0.2) is 52.8 Å². The molecule has 1 aliphatic rings. The number of carbonyl (C=O) groups excluding carboxylic acids is 2. The van der Waals surface area contributed by atoms with Crippen molar-refractivity contribution in [2.75, 3.05) is 26.2 Å². The van der Waals surface area contributed by atoms with E-state index in [2.05, 4.69) is 13.0 Å². The lowest BCUT2D eigenvalue weighted by Gasteiger charge is -2.34. The molecular formula is C27H24ClN3O3. The number of pyridine rings is 1. The van der Waals surface area contributed by atoms with Crippen LogP contribution in [0.15, 0.2) is 65.3 Å². The normalized spacial score (nSPS) is 14.0. The van der Waals surface area contributed by atoms with Crippen LogP contribution in [0.4, 0.5) is 0 Å². The van der Waals surface area contributed by atoms with Crippen molar-refractivity contribution in [2.45, 2.75) is 13.8 Å². The molecule has 0 atom stereocenters. The van der Waals surface area contributed by atoms with Crippen molar-refractivity contribution < 1.29 is 14.0 Å². The second-order valence-corrected chi connectivity index (χ2v) is 9.03. The molecule has 2 aromatic heterocycles. The maximum atomic E-state index is 13.7. The van der Waals surface area contributed by atoms with Gasteiger partial charge in [0.2, 0.25) is 0 Å². The molecule has 0 N–H and O–H groups in total. The lowest BCUT2D eigenvalue weighted by atomic mass is 9.99. The van der Waals surface area contributed by atoms with Crippen LogP contribution >= 0.6 is 11.6 Å². The lowest BCUT2D eigenvalue weighted by Crippen LogP contribution is -2.50. The molecule has 0 unspecified atom stereocenters. The van der Waals surface area contributed by atoms with Gasteiger partial charge in [-0.3, -0.25) is 9.59 Å². The van der Waals surface area contributed by atoms with E-state index in [-0.39, 0.29) is 11.8 Å². The number of aromatic nitrogens is 1. The monoisotopic (exact) mass is 473 g/mol. The number of fused-ring (bicyclic) bond motifs is 1. The number of nitrogens with zero attached hydrogens (tertiary/aromatic N) is 3. The van der Waals surface area contributed by atoms with E-state index in [4.69, 9.17) is 21.0 Å². The first-order valence-corrected chi connectivity index (χ1v) is 11.6. The number of aryl methyl sites for hydroxylation is 2. The number of hydrogen-bond donors (Lipinski definition) is 0. The van der Waals surface area contributed by atoms with Crippen molar-refractivity contribution in [3.63, 3.8) is 0 Å². The van der Waals surface area contributed by atoms with Gasteiger partial charge in [-0.2, -0.15) is 0 Å². The van der Waals surface area contributed by atoms with Gasteiger partial charge in [-0.05, 0) is 55.8 Å². The van der Waals surface area contributed by atoms with E-state index in [9.17, 15) is 9.59 Å². The van der Waals surface area contributed by atoms with Gasteiger partial charge in [0.1, 0.15) is 0 Å². The standard InChI is InChI=1S/C27H24ClN3O3/c1-17-5-7-20(18(2)14-17)24-16-22(21-15-19(28)6-8-23(21)29-24)26(32)30-9-11-31(12-10-30)27(33)25-4-3-13-34-25/h3-8,13-16H,9-12H2,1-2H3. The quantitative estimate of drug-likeness (QED) is 0.401. The SMILES string of the molecule is Cc1ccc(-c2cc(C(=O)N3CCN(C(=O)c4ccco4)CC3)c3cc(Cl)ccc3n2)c(C)c1. The summed E-state index contributed by atoms with van der Waals surface area (Å²) in [6.07, 6.45) is 1.49. The van der Waals surface area contributed by atoms with E-state index in [1.54, 1.807) is 34.1 Å². The minimum absolute atomic E-state index is 0.0919. The fourth-order valence-electron chi connectivity index (χ4n) is 4.45. The minimum atomic E-state index is -0.157. The Kier molecular flexibility index (Phi) is 5.84. The summed E-state index contributed by atoms with van der Waals surface area (Å²) >= 11 is 6.28. The smallest absolute Gasteiger partial charge is 0.289 e. The zero-order valence-electron chi connectivity index (χ0n) is 19.0. The summed E-state index contributed by atoms with van der Waals surface area (Å²) in [5, 5.41) is 1.27. The molecule has 5 rings (SSSR count). The topological polar surface area (TPSA) is 66.7 Å². The fraction of sp³-hybridized carbons (Fsp3) is 0.222. The van der Waals surface area contributed by atoms with E-state index in [1.165, 1.54) is 11.8 Å². The molecule has 1 fully saturated rings. The van der Waals surface area contributed by atoms with Gasteiger partial charge < -0.3 is 14.2 Å². The minimum Gasteiger partial charge on any atom is -0.459 e. The summed E-state index contributed by atoms with van der Waals surface area (Å²) in [7, 11) is 0. The molecule has 6 nitrogen and oxygen atoms in total. The van der Waals surface area contributed by atoms with E-state index >= 15 is 0 Å². The molecule has 0 radical (unpaired) electrons. The van der Waals surface area contributed by atoms with Crippen molar-refractivity contribution in [1.82, 2.24) is 14.8 Å². The predicted octanol–water partition coefficient (Wildman–Crippen LogP) is 5.36. The third kappa shape index (κ3) is 4.17. The summed E-state index contributed by atoms with van der Waals surface area (Å²) in [6.45, 7) is 5.87. The van der Waals surface area contributed by atoms with Crippen LogP contribution in [0.5, 0.6) is 0 Å². The fourth-order valence-corrected chi connectivity index (χ4v) is 4.63. The lowest BCUT2D eigenvalue weighted by molar-refractivity contribution is 0.0519. The number of furan rings is 1. The van der Waals surface area contributed by atoms with Gasteiger partial charge in [0.05, 0.1) is 23.0 Å². The first-order chi connectivity index (χ1) is 16.4. The summed E-state index contributed by atoms with van der Waals surface area (Å²) in [4.78, 5) is 34.6. The Morgan fingerprint density at radius 3 is 2.32 bits per heavy atom. The number of rotatable bonds is 3. The van der Waals surface area contributed by atoms with Gasteiger partial charge in [-0.15, -0.1) is 0 Å². The number of carbonyl (C=O) groups is 2. The molecule has 0 spiro atoms. The number of hydrogen-bond acceptors (Lipinski definition) is 4. The van der Waals surface area contributed by atoms with Gasteiger partial charge in [0, 0.05) is 42.2 Å². The van der Waals surface area contributed by atoms with E-state index in [1.807, 2.05) is 31.2 Å². The van der Waals surface area contributed by atoms with E-state index in [0.717, 1.165) is 27.7 Å². The molecule has 7 heteroatoms. The van der Waals surface area contributed by atoms with Crippen molar-refractivity contribution in [2.24, 2.45) is 0 Å². The summed E-state index contributed by atoms with van der Waals surface area (Å²) in [5.41, 5.74) is 5.30. The Morgan fingerprint density at radius 1 is 0.912 bits per heavy atom. The average molecular weight is 474 g/mol. The van der Waals surface area contributed by atoms with Crippen LogP contribution in [-0.2, 0) is 0 Å². The highest BCUT2D eigenvalue weighted by Crippen LogP contribution is 2.30. The molecule has 4 aromatic rings.